The van der Waals surface area contributed by atoms with Crippen molar-refractivity contribution in [2.75, 3.05) is 6.54 Å². The summed E-state index contributed by atoms with van der Waals surface area (Å²) in [6.07, 6.45) is 1.59. The average Bonchev–Trinajstić information content (AvgIpc) is 2.66. The number of amides is 1. The van der Waals surface area contributed by atoms with E-state index in [0.717, 1.165) is 5.69 Å². The van der Waals surface area contributed by atoms with Gasteiger partial charge in [0.2, 0.25) is 0 Å². The number of rotatable bonds is 6. The fraction of sp³-hybridized carbons (Fsp3) is 0.583. The van der Waals surface area contributed by atoms with Gasteiger partial charge in [0.1, 0.15) is 0 Å². The van der Waals surface area contributed by atoms with E-state index in [0.29, 0.717) is 18.7 Å². The molecular formula is C12H19N3O3. The third kappa shape index (κ3) is 3.58. The Hall–Kier alpha value is -1.85. The number of hydrogen-bond acceptors (Lipinski definition) is 3. The lowest BCUT2D eigenvalue weighted by Gasteiger charge is -2.10. The maximum atomic E-state index is 11.9. The normalized spacial score (nSPS) is 12.2. The van der Waals surface area contributed by atoms with E-state index in [1.807, 2.05) is 13.8 Å². The molecule has 1 aromatic rings. The molecular weight excluding hydrogens is 234 g/mol. The molecule has 0 saturated heterocycles. The van der Waals surface area contributed by atoms with Crippen molar-refractivity contribution in [3.05, 3.63) is 17.5 Å². The van der Waals surface area contributed by atoms with Gasteiger partial charge in [0, 0.05) is 25.2 Å². The van der Waals surface area contributed by atoms with Gasteiger partial charge in [0.15, 0.2) is 0 Å². The maximum Gasteiger partial charge on any atom is 0.303 e. The van der Waals surface area contributed by atoms with Crippen LogP contribution in [0.1, 0.15) is 36.3 Å². The van der Waals surface area contributed by atoms with Crippen LogP contribution >= 0.6 is 0 Å². The molecule has 1 unspecified atom stereocenters. The molecule has 0 aromatic carbocycles. The van der Waals surface area contributed by atoms with Crippen LogP contribution in [-0.2, 0) is 11.3 Å². The van der Waals surface area contributed by atoms with Crippen LogP contribution in [0.3, 0.4) is 0 Å². The van der Waals surface area contributed by atoms with Crippen molar-refractivity contribution >= 4 is 11.9 Å². The van der Waals surface area contributed by atoms with Crippen molar-refractivity contribution < 1.29 is 14.7 Å². The largest absolute Gasteiger partial charge is 0.481 e. The molecule has 1 atom stereocenters. The summed E-state index contributed by atoms with van der Waals surface area (Å²) >= 11 is 0. The molecule has 0 fully saturated rings. The second-order valence-corrected chi connectivity index (χ2v) is 4.37. The highest BCUT2D eigenvalue weighted by Gasteiger charge is 2.15. The summed E-state index contributed by atoms with van der Waals surface area (Å²) in [7, 11) is 0. The van der Waals surface area contributed by atoms with E-state index in [2.05, 4.69) is 10.4 Å². The summed E-state index contributed by atoms with van der Waals surface area (Å²) in [6.45, 7) is 6.65. The Labute approximate surface area is 106 Å². The highest BCUT2D eigenvalue weighted by Crippen LogP contribution is 2.07. The third-order valence-corrected chi connectivity index (χ3v) is 2.78. The van der Waals surface area contributed by atoms with Crippen LogP contribution in [0, 0.1) is 12.8 Å². The van der Waals surface area contributed by atoms with Gasteiger partial charge < -0.3 is 10.4 Å². The average molecular weight is 253 g/mol. The van der Waals surface area contributed by atoms with Crippen LogP contribution in [0.25, 0.3) is 0 Å². The van der Waals surface area contributed by atoms with Crippen molar-refractivity contribution in [1.29, 1.82) is 0 Å². The predicted octanol–water partition coefficient (Wildman–Crippen LogP) is 1.05. The summed E-state index contributed by atoms with van der Waals surface area (Å²) in [5, 5.41) is 15.4. The lowest BCUT2D eigenvalue weighted by Crippen LogP contribution is -2.29. The van der Waals surface area contributed by atoms with Crippen molar-refractivity contribution in [2.24, 2.45) is 5.92 Å². The second kappa shape index (κ2) is 6.18. The van der Waals surface area contributed by atoms with Gasteiger partial charge in [-0.15, -0.1) is 0 Å². The van der Waals surface area contributed by atoms with E-state index < -0.39 is 5.97 Å². The van der Waals surface area contributed by atoms with Gasteiger partial charge in [-0.3, -0.25) is 14.3 Å². The van der Waals surface area contributed by atoms with Crippen LogP contribution in [0.15, 0.2) is 6.20 Å². The van der Waals surface area contributed by atoms with Crippen LogP contribution in [0.2, 0.25) is 0 Å². The molecule has 100 valence electrons. The predicted molar refractivity (Wildman–Crippen MR) is 66.4 cm³/mol. The van der Waals surface area contributed by atoms with E-state index in [9.17, 15) is 9.59 Å². The number of nitrogens with zero attached hydrogens (tertiary/aromatic N) is 2. The summed E-state index contributed by atoms with van der Waals surface area (Å²) in [5.41, 5.74) is 1.36. The lowest BCUT2D eigenvalue weighted by molar-refractivity contribution is -0.137. The Bertz CT molecular complexity index is 440. The van der Waals surface area contributed by atoms with Crippen molar-refractivity contribution in [2.45, 2.75) is 33.7 Å². The van der Waals surface area contributed by atoms with E-state index in [1.54, 1.807) is 11.6 Å². The van der Waals surface area contributed by atoms with E-state index in [1.165, 1.54) is 6.20 Å². The smallest absolute Gasteiger partial charge is 0.303 e. The third-order valence-electron chi connectivity index (χ3n) is 2.78. The molecule has 2 N–H and O–H groups in total. The van der Waals surface area contributed by atoms with Gasteiger partial charge in [-0.25, -0.2) is 0 Å². The van der Waals surface area contributed by atoms with Gasteiger partial charge in [0.05, 0.1) is 11.8 Å². The molecule has 0 aliphatic heterocycles. The summed E-state index contributed by atoms with van der Waals surface area (Å²) in [4.78, 5) is 22.4. The fourth-order valence-electron chi connectivity index (χ4n) is 1.72. The fourth-order valence-corrected chi connectivity index (χ4v) is 1.72. The second-order valence-electron chi connectivity index (χ2n) is 4.37. The number of aromatic nitrogens is 2. The molecule has 1 heterocycles. The van der Waals surface area contributed by atoms with Crippen molar-refractivity contribution in [3.8, 4) is 0 Å². The first-order valence-corrected chi connectivity index (χ1v) is 5.98. The minimum atomic E-state index is -0.855. The number of hydrogen-bond donors (Lipinski definition) is 2. The number of carboxylic acid groups (broad SMARTS) is 1. The molecule has 0 radical (unpaired) electrons. The molecule has 1 rings (SSSR count). The molecule has 6 nitrogen and oxygen atoms in total. The Balaban J connectivity index is 2.55. The maximum absolute atomic E-state index is 11.9. The zero-order valence-corrected chi connectivity index (χ0v) is 10.9. The molecule has 18 heavy (non-hydrogen) atoms. The molecule has 0 bridgehead atoms. The van der Waals surface area contributed by atoms with Crippen LogP contribution in [0.4, 0.5) is 0 Å². The zero-order chi connectivity index (χ0) is 13.7. The Morgan fingerprint density at radius 3 is 2.72 bits per heavy atom. The number of aryl methyl sites for hydroxylation is 1. The van der Waals surface area contributed by atoms with E-state index >= 15 is 0 Å². The van der Waals surface area contributed by atoms with Crippen LogP contribution < -0.4 is 5.32 Å². The molecule has 1 aromatic heterocycles. The Morgan fingerprint density at radius 2 is 2.22 bits per heavy atom. The van der Waals surface area contributed by atoms with Gasteiger partial charge in [-0.2, -0.15) is 5.10 Å². The molecule has 1 amide bonds. The van der Waals surface area contributed by atoms with Gasteiger partial charge >= 0.3 is 5.97 Å². The highest BCUT2D eigenvalue weighted by molar-refractivity contribution is 5.95. The molecule has 6 heteroatoms. The molecule has 0 spiro atoms. The minimum absolute atomic E-state index is 0.0491. The monoisotopic (exact) mass is 253 g/mol. The first-order chi connectivity index (χ1) is 8.45. The lowest BCUT2D eigenvalue weighted by atomic mass is 10.1. The molecule has 0 saturated carbocycles. The summed E-state index contributed by atoms with van der Waals surface area (Å²) in [5.74, 6) is -1.15. The van der Waals surface area contributed by atoms with Crippen molar-refractivity contribution in [1.82, 2.24) is 15.1 Å². The summed E-state index contributed by atoms with van der Waals surface area (Å²) in [6, 6.07) is 0. The first-order valence-electron chi connectivity index (χ1n) is 5.98. The number of aliphatic carboxylic acids is 1. The van der Waals surface area contributed by atoms with Crippen LogP contribution in [0.5, 0.6) is 0 Å². The Kier molecular flexibility index (Phi) is 4.88. The number of nitrogens with one attached hydrogen (secondary N) is 1. The Morgan fingerprint density at radius 1 is 1.56 bits per heavy atom. The topological polar surface area (TPSA) is 84.2 Å². The van der Waals surface area contributed by atoms with Crippen LogP contribution in [-0.4, -0.2) is 33.3 Å². The van der Waals surface area contributed by atoms with Gasteiger partial charge in [-0.1, -0.05) is 6.92 Å². The quantitative estimate of drug-likeness (QED) is 0.793. The zero-order valence-electron chi connectivity index (χ0n) is 10.9. The highest BCUT2D eigenvalue weighted by atomic mass is 16.4. The molecule has 0 aliphatic rings. The number of carbonyl (C=O) groups excluding carboxylic acids is 1. The van der Waals surface area contributed by atoms with Crippen molar-refractivity contribution in [3.63, 3.8) is 0 Å². The number of carboxylic acids is 1. The van der Waals surface area contributed by atoms with Gasteiger partial charge in [-0.05, 0) is 19.8 Å². The van der Waals surface area contributed by atoms with E-state index in [4.69, 9.17) is 5.11 Å². The van der Waals surface area contributed by atoms with Gasteiger partial charge in [0.25, 0.3) is 5.91 Å². The standard InChI is InChI=1S/C12H19N3O3/c1-4-15-9(3)10(7-14-15)12(18)13-6-8(2)5-11(16)17/h7-8H,4-6H2,1-3H3,(H,13,18)(H,16,17). The molecule has 0 aliphatic carbocycles. The van der Waals surface area contributed by atoms with E-state index in [-0.39, 0.29) is 18.2 Å². The summed E-state index contributed by atoms with van der Waals surface area (Å²) < 4.78 is 1.75. The SMILES string of the molecule is CCn1ncc(C(=O)NCC(C)CC(=O)O)c1C. The number of carbonyl (C=O) groups is 2. The first kappa shape index (κ1) is 14.2. The minimum Gasteiger partial charge on any atom is -0.481 e.